The van der Waals surface area contributed by atoms with Crippen LogP contribution < -0.4 is 0 Å². The number of piperazine rings is 1. The van der Waals surface area contributed by atoms with Crippen LogP contribution >= 0.6 is 11.6 Å². The third-order valence-corrected chi connectivity index (χ3v) is 3.62. The maximum Gasteiger partial charge on any atom is 0.407 e. The lowest BCUT2D eigenvalue weighted by Gasteiger charge is -2.34. The molecule has 1 aliphatic rings. The minimum Gasteiger partial charge on any atom is -0.465 e. The van der Waals surface area contributed by atoms with Crippen molar-refractivity contribution in [3.8, 4) is 11.8 Å². The van der Waals surface area contributed by atoms with Gasteiger partial charge in [0.05, 0.1) is 6.04 Å². The fraction of sp³-hybridized carbons (Fsp3) is 0.400. The highest BCUT2D eigenvalue weighted by Crippen LogP contribution is 2.10. The van der Waals surface area contributed by atoms with Crippen molar-refractivity contribution in [2.24, 2.45) is 0 Å². The Balaban J connectivity index is 1.93. The van der Waals surface area contributed by atoms with Gasteiger partial charge in [-0.05, 0) is 25.1 Å². The van der Waals surface area contributed by atoms with Crippen molar-refractivity contribution in [2.75, 3.05) is 26.2 Å². The first kappa shape index (κ1) is 14.7. The Morgan fingerprint density at radius 1 is 1.35 bits per heavy atom. The van der Waals surface area contributed by atoms with Crippen LogP contribution in [0.3, 0.4) is 0 Å². The van der Waals surface area contributed by atoms with Crippen LogP contribution in [0.4, 0.5) is 4.79 Å². The van der Waals surface area contributed by atoms with Crippen LogP contribution in [0.2, 0.25) is 5.02 Å². The zero-order chi connectivity index (χ0) is 14.5. The van der Waals surface area contributed by atoms with Gasteiger partial charge in [-0.1, -0.05) is 29.5 Å². The number of halogens is 1. The van der Waals surface area contributed by atoms with Crippen molar-refractivity contribution in [2.45, 2.75) is 13.0 Å². The second-order valence-electron chi connectivity index (χ2n) is 4.76. The molecule has 1 heterocycles. The number of carbonyl (C=O) groups is 1. The predicted octanol–water partition coefficient (Wildman–Crippen LogP) is 2.38. The molecule has 1 atom stereocenters. The zero-order valence-corrected chi connectivity index (χ0v) is 12.1. The van der Waals surface area contributed by atoms with Gasteiger partial charge in [0.1, 0.15) is 0 Å². The van der Waals surface area contributed by atoms with Crippen molar-refractivity contribution in [1.82, 2.24) is 9.80 Å². The molecule has 0 spiro atoms. The SMILES string of the molecule is CC(C#Cc1cccc(Cl)c1)N1CCN(C(=O)O)CC1. The van der Waals surface area contributed by atoms with Crippen molar-refractivity contribution in [3.63, 3.8) is 0 Å². The van der Waals surface area contributed by atoms with Crippen LogP contribution in [0.15, 0.2) is 24.3 Å². The molecule has 1 aromatic carbocycles. The first-order valence-corrected chi connectivity index (χ1v) is 6.93. The van der Waals surface area contributed by atoms with E-state index in [-0.39, 0.29) is 6.04 Å². The van der Waals surface area contributed by atoms with Gasteiger partial charge < -0.3 is 10.0 Å². The summed E-state index contributed by atoms with van der Waals surface area (Å²) in [5.74, 6) is 6.30. The zero-order valence-electron chi connectivity index (χ0n) is 11.3. The van der Waals surface area contributed by atoms with E-state index >= 15 is 0 Å². The quantitative estimate of drug-likeness (QED) is 0.808. The molecule has 1 saturated heterocycles. The molecule has 0 saturated carbocycles. The smallest absolute Gasteiger partial charge is 0.407 e. The van der Waals surface area contributed by atoms with Gasteiger partial charge in [0.2, 0.25) is 0 Å². The largest absolute Gasteiger partial charge is 0.465 e. The third-order valence-electron chi connectivity index (χ3n) is 3.38. The molecule has 0 radical (unpaired) electrons. The molecule has 106 valence electrons. The summed E-state index contributed by atoms with van der Waals surface area (Å²) in [6, 6.07) is 7.56. The number of hydrogen-bond acceptors (Lipinski definition) is 2. The molecule has 4 nitrogen and oxygen atoms in total. The molecule has 1 aromatic rings. The van der Waals surface area contributed by atoms with E-state index in [1.54, 1.807) is 0 Å². The molecule has 1 amide bonds. The Morgan fingerprint density at radius 3 is 2.65 bits per heavy atom. The van der Waals surface area contributed by atoms with Gasteiger partial charge in [-0.2, -0.15) is 0 Å². The summed E-state index contributed by atoms with van der Waals surface area (Å²) in [6.07, 6.45) is -0.845. The summed E-state index contributed by atoms with van der Waals surface area (Å²) >= 11 is 5.92. The molecule has 0 aromatic heterocycles. The summed E-state index contributed by atoms with van der Waals surface area (Å²) < 4.78 is 0. The predicted molar refractivity (Wildman–Crippen MR) is 79.0 cm³/mol. The average molecular weight is 293 g/mol. The molecule has 1 unspecified atom stereocenters. The second kappa shape index (κ2) is 6.65. The third kappa shape index (κ3) is 3.89. The van der Waals surface area contributed by atoms with Crippen LogP contribution in [-0.2, 0) is 0 Å². The van der Waals surface area contributed by atoms with E-state index in [4.69, 9.17) is 16.7 Å². The van der Waals surface area contributed by atoms with E-state index in [2.05, 4.69) is 16.7 Å². The number of benzene rings is 1. The molecular formula is C15H17ClN2O2. The lowest BCUT2D eigenvalue weighted by Crippen LogP contribution is -2.50. The highest BCUT2D eigenvalue weighted by atomic mass is 35.5. The van der Waals surface area contributed by atoms with Crippen LogP contribution in [-0.4, -0.2) is 53.2 Å². The molecular weight excluding hydrogens is 276 g/mol. The van der Waals surface area contributed by atoms with E-state index in [9.17, 15) is 4.79 Å². The fourth-order valence-corrected chi connectivity index (χ4v) is 2.34. The molecule has 0 bridgehead atoms. The number of carboxylic acid groups (broad SMARTS) is 1. The Morgan fingerprint density at radius 2 is 2.05 bits per heavy atom. The lowest BCUT2D eigenvalue weighted by atomic mass is 10.2. The Bertz CT molecular complexity index is 542. The van der Waals surface area contributed by atoms with Crippen molar-refractivity contribution >= 4 is 17.7 Å². The Labute approximate surface area is 123 Å². The highest BCUT2D eigenvalue weighted by Gasteiger charge is 2.22. The first-order chi connectivity index (χ1) is 9.56. The van der Waals surface area contributed by atoms with Gasteiger partial charge in [-0.15, -0.1) is 0 Å². The van der Waals surface area contributed by atoms with E-state index in [0.29, 0.717) is 18.1 Å². The standard InChI is InChI=1S/C15H17ClN2O2/c1-12(5-6-13-3-2-4-14(16)11-13)17-7-9-18(10-8-17)15(19)20/h2-4,11-12H,7-10H2,1H3,(H,19,20). The van der Waals surface area contributed by atoms with Crippen LogP contribution in [0.25, 0.3) is 0 Å². The van der Waals surface area contributed by atoms with Gasteiger partial charge in [0.15, 0.2) is 0 Å². The van der Waals surface area contributed by atoms with Gasteiger partial charge >= 0.3 is 6.09 Å². The number of amides is 1. The molecule has 0 aliphatic carbocycles. The summed E-state index contributed by atoms with van der Waals surface area (Å²) in [5, 5.41) is 9.59. The van der Waals surface area contributed by atoms with Gasteiger partial charge in [-0.3, -0.25) is 4.90 Å². The van der Waals surface area contributed by atoms with Crippen molar-refractivity contribution in [3.05, 3.63) is 34.9 Å². The molecule has 2 rings (SSSR count). The van der Waals surface area contributed by atoms with E-state index < -0.39 is 6.09 Å². The monoisotopic (exact) mass is 292 g/mol. The molecule has 5 heteroatoms. The molecule has 1 fully saturated rings. The maximum absolute atomic E-state index is 10.8. The lowest BCUT2D eigenvalue weighted by molar-refractivity contribution is 0.0990. The number of nitrogens with zero attached hydrogens (tertiary/aromatic N) is 2. The Hall–Kier alpha value is -1.70. The van der Waals surface area contributed by atoms with Gasteiger partial charge in [-0.25, -0.2) is 4.79 Å². The summed E-state index contributed by atoms with van der Waals surface area (Å²) in [5.41, 5.74) is 0.897. The van der Waals surface area contributed by atoms with Crippen molar-refractivity contribution in [1.29, 1.82) is 0 Å². The topological polar surface area (TPSA) is 43.8 Å². The van der Waals surface area contributed by atoms with E-state index in [1.165, 1.54) is 4.90 Å². The molecule has 1 aliphatic heterocycles. The fourth-order valence-electron chi connectivity index (χ4n) is 2.15. The summed E-state index contributed by atoms with van der Waals surface area (Å²) in [4.78, 5) is 14.5. The summed E-state index contributed by atoms with van der Waals surface area (Å²) in [6.45, 7) is 4.56. The molecule has 1 N–H and O–H groups in total. The van der Waals surface area contributed by atoms with Gasteiger partial charge in [0.25, 0.3) is 0 Å². The second-order valence-corrected chi connectivity index (χ2v) is 5.20. The number of hydrogen-bond donors (Lipinski definition) is 1. The van der Waals surface area contributed by atoms with E-state index in [0.717, 1.165) is 18.7 Å². The minimum absolute atomic E-state index is 0.102. The Kier molecular flexibility index (Phi) is 4.89. The van der Waals surface area contributed by atoms with E-state index in [1.807, 2.05) is 31.2 Å². The summed E-state index contributed by atoms with van der Waals surface area (Å²) in [7, 11) is 0. The van der Waals surface area contributed by atoms with Crippen LogP contribution in [0.1, 0.15) is 12.5 Å². The van der Waals surface area contributed by atoms with Crippen LogP contribution in [0.5, 0.6) is 0 Å². The minimum atomic E-state index is -0.845. The van der Waals surface area contributed by atoms with Gasteiger partial charge in [0, 0.05) is 36.8 Å². The molecule has 20 heavy (non-hydrogen) atoms. The van der Waals surface area contributed by atoms with Crippen LogP contribution in [0, 0.1) is 11.8 Å². The first-order valence-electron chi connectivity index (χ1n) is 6.55. The van der Waals surface area contributed by atoms with Crippen molar-refractivity contribution < 1.29 is 9.90 Å². The number of rotatable bonds is 1. The normalized spacial score (nSPS) is 17.2. The highest BCUT2D eigenvalue weighted by molar-refractivity contribution is 6.30. The maximum atomic E-state index is 10.8. The average Bonchev–Trinajstić information content (AvgIpc) is 2.45.